The van der Waals surface area contributed by atoms with Crippen molar-refractivity contribution in [3.63, 3.8) is 0 Å². The van der Waals surface area contributed by atoms with Crippen LogP contribution in [0.2, 0.25) is 0 Å². The number of nitrogens with zero attached hydrogens (tertiary/aromatic N) is 3. The minimum absolute atomic E-state index is 0.114. The first-order valence-corrected chi connectivity index (χ1v) is 11.0. The number of aliphatic hydroxyl groups is 1. The van der Waals surface area contributed by atoms with Crippen LogP contribution in [0, 0.1) is 18.6 Å². The van der Waals surface area contributed by atoms with E-state index in [9.17, 15) is 22.3 Å². The van der Waals surface area contributed by atoms with Crippen molar-refractivity contribution >= 4 is 10.1 Å². The lowest BCUT2D eigenvalue weighted by molar-refractivity contribution is 0.294. The summed E-state index contributed by atoms with van der Waals surface area (Å²) >= 11 is 0. The van der Waals surface area contributed by atoms with E-state index < -0.39 is 27.5 Å². The van der Waals surface area contributed by atoms with Crippen LogP contribution in [0.5, 0.6) is 5.75 Å². The predicted molar refractivity (Wildman–Crippen MR) is 109 cm³/mol. The van der Waals surface area contributed by atoms with Crippen LogP contribution in [0.25, 0.3) is 0 Å². The van der Waals surface area contributed by atoms with E-state index in [-0.39, 0.29) is 36.2 Å². The molecule has 0 radical (unpaired) electrons. The van der Waals surface area contributed by atoms with Crippen molar-refractivity contribution in [2.24, 2.45) is 0 Å². The largest absolute Gasteiger partial charge is 0.396 e. The van der Waals surface area contributed by atoms with Gasteiger partial charge < -0.3 is 13.9 Å². The van der Waals surface area contributed by atoms with Gasteiger partial charge >= 0.3 is 10.1 Å². The van der Waals surface area contributed by atoms with Gasteiger partial charge in [0.05, 0.1) is 18.8 Å². The molecule has 0 saturated carbocycles. The zero-order valence-electron chi connectivity index (χ0n) is 17.3. The molecule has 0 atom stereocenters. The molecule has 0 amide bonds. The fourth-order valence-electron chi connectivity index (χ4n) is 3.19. The third-order valence-electron chi connectivity index (χ3n) is 4.63. The Balaban J connectivity index is 2.17. The number of halogens is 2. The maximum absolute atomic E-state index is 13.6. The highest BCUT2D eigenvalue weighted by Gasteiger charge is 2.31. The van der Waals surface area contributed by atoms with Crippen molar-refractivity contribution in [1.29, 1.82) is 0 Å². The van der Waals surface area contributed by atoms with Crippen LogP contribution < -0.4 is 4.18 Å². The fraction of sp³-hybridized carbons (Fsp3) is 0.333. The van der Waals surface area contributed by atoms with Gasteiger partial charge in [-0.15, -0.1) is 0 Å². The number of hydrogen-bond acceptors (Lipinski definition) is 6. The molecule has 0 bridgehead atoms. The van der Waals surface area contributed by atoms with E-state index in [0.717, 1.165) is 17.7 Å². The van der Waals surface area contributed by atoms with Crippen molar-refractivity contribution in [2.75, 3.05) is 6.61 Å². The van der Waals surface area contributed by atoms with Crippen molar-refractivity contribution in [1.82, 2.24) is 14.5 Å². The van der Waals surface area contributed by atoms with E-state index in [1.165, 1.54) is 4.57 Å². The molecule has 0 fully saturated rings. The van der Waals surface area contributed by atoms with Crippen LogP contribution in [-0.4, -0.2) is 34.7 Å². The second kappa shape index (κ2) is 9.11. The quantitative estimate of drug-likeness (QED) is 0.528. The molecule has 1 aromatic carbocycles. The standard InChI is InChI=1S/C21H23F2N3O4S/c1-13(2)20-21(31(28,29)30-18-10-16(22)9-17(23)11-18)26(19(25-20)6-8-27)12-15-5-4-7-24-14(15)3/h4-5,7,9-11,13,27H,6,8,12H2,1-3H3. The van der Waals surface area contributed by atoms with E-state index in [1.807, 2.05) is 0 Å². The number of pyridine rings is 1. The number of rotatable bonds is 8. The Morgan fingerprint density at radius 2 is 1.87 bits per heavy atom. The number of aryl methyl sites for hydroxylation is 1. The minimum Gasteiger partial charge on any atom is -0.396 e. The Morgan fingerprint density at radius 1 is 1.19 bits per heavy atom. The van der Waals surface area contributed by atoms with Gasteiger partial charge in [-0.05, 0) is 24.5 Å². The summed E-state index contributed by atoms with van der Waals surface area (Å²) in [5, 5.41) is 9.25. The SMILES string of the molecule is Cc1ncccc1Cn1c(CCO)nc(C(C)C)c1S(=O)(=O)Oc1cc(F)cc(F)c1. The summed E-state index contributed by atoms with van der Waals surface area (Å²) in [5.74, 6) is -2.36. The lowest BCUT2D eigenvalue weighted by atomic mass is 10.1. The zero-order chi connectivity index (χ0) is 22.8. The maximum Gasteiger partial charge on any atom is 0.357 e. The van der Waals surface area contributed by atoms with Gasteiger partial charge in [0.15, 0.2) is 5.03 Å². The normalized spacial score (nSPS) is 11.8. The maximum atomic E-state index is 13.6. The highest BCUT2D eigenvalue weighted by atomic mass is 32.2. The highest BCUT2D eigenvalue weighted by Crippen LogP contribution is 2.29. The lowest BCUT2D eigenvalue weighted by Crippen LogP contribution is -2.19. The van der Waals surface area contributed by atoms with Gasteiger partial charge in [0.1, 0.15) is 23.2 Å². The third kappa shape index (κ3) is 5.08. The summed E-state index contributed by atoms with van der Waals surface area (Å²) in [6.07, 6.45) is 1.74. The number of benzene rings is 1. The molecule has 10 heteroatoms. The number of imidazole rings is 1. The third-order valence-corrected chi connectivity index (χ3v) is 5.95. The van der Waals surface area contributed by atoms with Crippen LogP contribution in [0.1, 0.15) is 42.5 Å². The second-order valence-electron chi connectivity index (χ2n) is 7.32. The Hall–Kier alpha value is -2.85. The summed E-state index contributed by atoms with van der Waals surface area (Å²) < 4.78 is 60.2. The molecule has 2 heterocycles. The Kier molecular flexibility index (Phi) is 6.71. The summed E-state index contributed by atoms with van der Waals surface area (Å²) in [5.41, 5.74) is 1.69. The molecule has 1 N–H and O–H groups in total. The van der Waals surface area contributed by atoms with Crippen LogP contribution in [0.3, 0.4) is 0 Å². The fourth-order valence-corrected chi connectivity index (χ4v) is 4.60. The van der Waals surface area contributed by atoms with Crippen LogP contribution in [0.4, 0.5) is 8.78 Å². The van der Waals surface area contributed by atoms with Crippen molar-refractivity contribution in [3.8, 4) is 5.75 Å². The van der Waals surface area contributed by atoms with E-state index in [2.05, 4.69) is 9.97 Å². The van der Waals surface area contributed by atoms with Crippen molar-refractivity contribution < 1.29 is 26.5 Å². The second-order valence-corrected chi connectivity index (χ2v) is 8.79. The molecule has 0 aliphatic rings. The number of aliphatic hydroxyl groups excluding tert-OH is 1. The van der Waals surface area contributed by atoms with E-state index in [0.29, 0.717) is 17.6 Å². The molecule has 0 unspecified atom stereocenters. The monoisotopic (exact) mass is 451 g/mol. The molecule has 0 aliphatic heterocycles. The lowest BCUT2D eigenvalue weighted by Gasteiger charge is -2.15. The number of hydrogen-bond donors (Lipinski definition) is 1. The average Bonchev–Trinajstić information content (AvgIpc) is 3.02. The van der Waals surface area contributed by atoms with Gasteiger partial charge in [0.25, 0.3) is 0 Å². The van der Waals surface area contributed by atoms with Gasteiger partial charge in [0, 0.05) is 36.5 Å². The summed E-state index contributed by atoms with van der Waals surface area (Å²) in [6, 6.07) is 5.73. The van der Waals surface area contributed by atoms with Crippen LogP contribution >= 0.6 is 0 Å². The summed E-state index contributed by atoms with van der Waals surface area (Å²) in [6.45, 7) is 5.21. The van der Waals surface area contributed by atoms with Crippen molar-refractivity contribution in [3.05, 3.63) is 70.9 Å². The average molecular weight is 451 g/mol. The van der Waals surface area contributed by atoms with Gasteiger partial charge in [-0.2, -0.15) is 8.42 Å². The van der Waals surface area contributed by atoms with Gasteiger partial charge in [-0.25, -0.2) is 13.8 Å². The Bertz CT molecular complexity index is 1170. The molecule has 0 aliphatic carbocycles. The topological polar surface area (TPSA) is 94.3 Å². The van der Waals surface area contributed by atoms with Gasteiger partial charge in [-0.1, -0.05) is 19.9 Å². The first-order valence-electron chi connectivity index (χ1n) is 9.63. The molecular formula is C21H23F2N3O4S. The molecule has 2 aromatic heterocycles. The Morgan fingerprint density at radius 3 is 2.45 bits per heavy atom. The smallest absolute Gasteiger partial charge is 0.357 e. The molecule has 3 rings (SSSR count). The zero-order valence-corrected chi connectivity index (χ0v) is 18.2. The van der Waals surface area contributed by atoms with Gasteiger partial charge in [-0.3, -0.25) is 4.98 Å². The molecule has 31 heavy (non-hydrogen) atoms. The first kappa shape index (κ1) is 22.8. The molecule has 0 spiro atoms. The van der Waals surface area contributed by atoms with E-state index in [4.69, 9.17) is 4.18 Å². The van der Waals surface area contributed by atoms with E-state index in [1.54, 1.807) is 39.1 Å². The Labute approximate surface area is 179 Å². The first-order chi connectivity index (χ1) is 14.6. The number of aromatic nitrogens is 3. The molecule has 166 valence electrons. The molecule has 7 nitrogen and oxygen atoms in total. The van der Waals surface area contributed by atoms with Crippen LogP contribution in [-0.2, 0) is 23.1 Å². The summed E-state index contributed by atoms with van der Waals surface area (Å²) in [4.78, 5) is 8.67. The molecular weight excluding hydrogens is 428 g/mol. The molecule has 3 aromatic rings. The molecule has 0 saturated heterocycles. The minimum atomic E-state index is -4.52. The summed E-state index contributed by atoms with van der Waals surface area (Å²) in [7, 11) is -4.52. The van der Waals surface area contributed by atoms with E-state index >= 15 is 0 Å². The predicted octanol–water partition coefficient (Wildman–Crippen LogP) is 3.34. The van der Waals surface area contributed by atoms with Gasteiger partial charge in [0.2, 0.25) is 0 Å². The van der Waals surface area contributed by atoms with Crippen LogP contribution in [0.15, 0.2) is 41.6 Å². The highest BCUT2D eigenvalue weighted by molar-refractivity contribution is 7.87. The van der Waals surface area contributed by atoms with Crippen molar-refractivity contribution in [2.45, 2.75) is 44.7 Å².